The molecule has 0 aliphatic heterocycles. The van der Waals surface area contributed by atoms with E-state index in [2.05, 4.69) is 45.9 Å². The second-order valence-corrected chi connectivity index (χ2v) is 5.42. The summed E-state index contributed by atoms with van der Waals surface area (Å²) in [6.07, 6.45) is 0. The lowest BCUT2D eigenvalue weighted by molar-refractivity contribution is 0.683. The quantitative estimate of drug-likeness (QED) is 0.724. The van der Waals surface area contributed by atoms with Crippen LogP contribution < -0.4 is 0 Å². The molecule has 0 aliphatic carbocycles. The molecule has 1 rings (SSSR count). The smallest absolute Gasteiger partial charge is 0.0766 e. The lowest BCUT2D eigenvalue weighted by atomic mass is 9.81. The fourth-order valence-corrected chi connectivity index (χ4v) is 2.31. The summed E-state index contributed by atoms with van der Waals surface area (Å²) < 4.78 is 0. The molecule has 0 unspecified atom stereocenters. The Hall–Kier alpha value is -1.29. The fourth-order valence-electron chi connectivity index (χ4n) is 2.31. The van der Waals surface area contributed by atoms with Crippen molar-refractivity contribution < 1.29 is 0 Å². The molecule has 0 saturated heterocycles. The van der Waals surface area contributed by atoms with Crippen molar-refractivity contribution in [2.24, 2.45) is 0 Å². The molecule has 0 N–H and O–H groups in total. The molecular weight excluding hydrogens is 194 g/mol. The average Bonchev–Trinajstić information content (AvgIpc) is 2.15. The lowest BCUT2D eigenvalue weighted by Crippen LogP contribution is -2.15. The van der Waals surface area contributed by atoms with E-state index in [1.54, 1.807) is 0 Å². The second kappa shape index (κ2) is 4.29. The molecule has 0 heterocycles. The number of aryl methyl sites for hydroxylation is 2. The van der Waals surface area contributed by atoms with Crippen molar-refractivity contribution in [1.82, 2.24) is 0 Å². The van der Waals surface area contributed by atoms with Gasteiger partial charge in [-0.05, 0) is 55.9 Å². The number of nitrogens with zero attached hydrogens (tertiary/aromatic N) is 1. The van der Waals surface area contributed by atoms with Crippen LogP contribution >= 0.6 is 0 Å². The number of nitriles is 1. The van der Waals surface area contributed by atoms with Gasteiger partial charge in [0.25, 0.3) is 0 Å². The molecule has 0 aliphatic rings. The van der Waals surface area contributed by atoms with E-state index in [9.17, 15) is 0 Å². The highest BCUT2D eigenvalue weighted by molar-refractivity contribution is 5.44. The largest absolute Gasteiger partial charge is 0.197 e. The highest BCUT2D eigenvalue weighted by Crippen LogP contribution is 2.30. The minimum atomic E-state index is -0.398. The number of benzene rings is 1. The molecule has 0 atom stereocenters. The minimum absolute atomic E-state index is 0.398. The summed E-state index contributed by atoms with van der Waals surface area (Å²) >= 11 is 0. The Morgan fingerprint density at radius 2 is 1.56 bits per heavy atom. The molecule has 1 aromatic carbocycles. The molecule has 1 heteroatoms. The van der Waals surface area contributed by atoms with Gasteiger partial charge in [-0.3, -0.25) is 0 Å². The first-order valence-corrected chi connectivity index (χ1v) is 5.82. The van der Waals surface area contributed by atoms with Crippen LogP contribution in [0.4, 0.5) is 0 Å². The molecule has 16 heavy (non-hydrogen) atoms. The zero-order valence-corrected chi connectivity index (χ0v) is 11.2. The summed E-state index contributed by atoms with van der Waals surface area (Å²) in [4.78, 5) is 0. The first kappa shape index (κ1) is 12.8. The van der Waals surface area contributed by atoms with E-state index in [-0.39, 0.29) is 0 Å². The Morgan fingerprint density at radius 3 is 1.88 bits per heavy atom. The van der Waals surface area contributed by atoms with Crippen LogP contribution in [-0.2, 0) is 5.41 Å². The SMILES string of the molecule is Cc1cc(C(C)(C)C#N)cc(C)c1C(C)C. The van der Waals surface area contributed by atoms with Gasteiger partial charge in [0, 0.05) is 0 Å². The topological polar surface area (TPSA) is 23.8 Å². The summed E-state index contributed by atoms with van der Waals surface area (Å²) in [6, 6.07) is 6.68. The molecule has 0 aromatic heterocycles. The molecule has 0 amide bonds. The van der Waals surface area contributed by atoms with Gasteiger partial charge in [0.15, 0.2) is 0 Å². The van der Waals surface area contributed by atoms with Crippen LogP contribution in [0, 0.1) is 25.2 Å². The predicted octanol–water partition coefficient (Wildman–Crippen LogP) is 4.23. The maximum atomic E-state index is 9.16. The molecule has 0 radical (unpaired) electrons. The normalized spacial score (nSPS) is 11.6. The van der Waals surface area contributed by atoms with Gasteiger partial charge in [0.05, 0.1) is 11.5 Å². The lowest BCUT2D eigenvalue weighted by Gasteiger charge is -2.21. The third-order valence-corrected chi connectivity index (χ3v) is 3.17. The third kappa shape index (κ3) is 2.27. The Balaban J connectivity index is 3.37. The number of hydrogen-bond donors (Lipinski definition) is 0. The van der Waals surface area contributed by atoms with E-state index in [1.165, 1.54) is 16.7 Å². The fraction of sp³-hybridized carbons (Fsp3) is 0.533. The van der Waals surface area contributed by atoms with Crippen molar-refractivity contribution in [1.29, 1.82) is 5.26 Å². The Morgan fingerprint density at radius 1 is 1.12 bits per heavy atom. The molecule has 0 bridgehead atoms. The first-order chi connectivity index (χ1) is 7.29. The Bertz CT molecular complexity index is 410. The average molecular weight is 215 g/mol. The zero-order valence-electron chi connectivity index (χ0n) is 11.2. The molecule has 0 fully saturated rings. The van der Waals surface area contributed by atoms with Crippen LogP contribution in [0.5, 0.6) is 0 Å². The Labute approximate surface area is 99.1 Å². The molecule has 0 spiro atoms. The van der Waals surface area contributed by atoms with Gasteiger partial charge < -0.3 is 0 Å². The van der Waals surface area contributed by atoms with E-state index in [4.69, 9.17) is 5.26 Å². The van der Waals surface area contributed by atoms with Crippen LogP contribution in [-0.4, -0.2) is 0 Å². The van der Waals surface area contributed by atoms with Crippen molar-refractivity contribution >= 4 is 0 Å². The van der Waals surface area contributed by atoms with Gasteiger partial charge in [0.1, 0.15) is 0 Å². The maximum Gasteiger partial charge on any atom is 0.0766 e. The van der Waals surface area contributed by atoms with Crippen molar-refractivity contribution in [3.8, 4) is 6.07 Å². The monoisotopic (exact) mass is 215 g/mol. The van der Waals surface area contributed by atoms with Crippen molar-refractivity contribution in [2.75, 3.05) is 0 Å². The highest BCUT2D eigenvalue weighted by Gasteiger charge is 2.21. The predicted molar refractivity (Wildman–Crippen MR) is 68.6 cm³/mol. The van der Waals surface area contributed by atoms with Crippen LogP contribution in [0.1, 0.15) is 55.9 Å². The second-order valence-electron chi connectivity index (χ2n) is 5.42. The van der Waals surface area contributed by atoms with Gasteiger partial charge in [-0.1, -0.05) is 26.0 Å². The zero-order chi connectivity index (χ0) is 12.5. The van der Waals surface area contributed by atoms with E-state index in [0.29, 0.717) is 5.92 Å². The van der Waals surface area contributed by atoms with E-state index in [1.807, 2.05) is 13.8 Å². The Kier molecular flexibility index (Phi) is 3.43. The van der Waals surface area contributed by atoms with Crippen molar-refractivity contribution in [3.63, 3.8) is 0 Å². The van der Waals surface area contributed by atoms with Crippen LogP contribution in [0.3, 0.4) is 0 Å². The van der Waals surface area contributed by atoms with E-state index in [0.717, 1.165) is 5.56 Å². The summed E-state index contributed by atoms with van der Waals surface area (Å²) in [5, 5.41) is 9.16. The summed E-state index contributed by atoms with van der Waals surface area (Å²) in [5.74, 6) is 0.541. The van der Waals surface area contributed by atoms with Gasteiger partial charge in [-0.15, -0.1) is 0 Å². The van der Waals surface area contributed by atoms with Crippen molar-refractivity contribution in [3.05, 3.63) is 34.4 Å². The van der Waals surface area contributed by atoms with Crippen molar-refractivity contribution in [2.45, 2.75) is 52.9 Å². The minimum Gasteiger partial charge on any atom is -0.197 e. The molecule has 86 valence electrons. The molecule has 0 saturated carbocycles. The van der Waals surface area contributed by atoms with Crippen LogP contribution in [0.15, 0.2) is 12.1 Å². The third-order valence-electron chi connectivity index (χ3n) is 3.17. The number of hydrogen-bond acceptors (Lipinski definition) is 1. The van der Waals surface area contributed by atoms with Crippen LogP contribution in [0.2, 0.25) is 0 Å². The maximum absolute atomic E-state index is 9.16. The van der Waals surface area contributed by atoms with Gasteiger partial charge in [0.2, 0.25) is 0 Å². The van der Waals surface area contributed by atoms with Gasteiger partial charge in [-0.25, -0.2) is 0 Å². The number of rotatable bonds is 2. The summed E-state index contributed by atoms with van der Waals surface area (Å²) in [7, 11) is 0. The summed E-state index contributed by atoms with van der Waals surface area (Å²) in [6.45, 7) is 12.6. The van der Waals surface area contributed by atoms with Gasteiger partial charge in [-0.2, -0.15) is 5.26 Å². The molecular formula is C15H21N. The van der Waals surface area contributed by atoms with E-state index >= 15 is 0 Å². The molecule has 1 nitrogen and oxygen atoms in total. The standard InChI is InChI=1S/C15H21N/c1-10(2)14-11(3)7-13(8-12(14)4)15(5,6)9-16/h7-8,10H,1-6H3. The highest BCUT2D eigenvalue weighted by atomic mass is 14.3. The van der Waals surface area contributed by atoms with Gasteiger partial charge >= 0.3 is 0 Å². The van der Waals surface area contributed by atoms with E-state index < -0.39 is 5.41 Å². The van der Waals surface area contributed by atoms with Crippen LogP contribution in [0.25, 0.3) is 0 Å². The summed E-state index contributed by atoms with van der Waals surface area (Å²) in [5.41, 5.74) is 4.74. The molecule has 1 aromatic rings. The first-order valence-electron chi connectivity index (χ1n) is 5.82.